The Kier molecular flexibility index (Phi) is 20.5. The maximum atomic E-state index is 5.33. The fraction of sp³-hybridized carbons (Fsp3) is 0. The number of hydrogen-bond acceptors (Lipinski definition) is 9. The smallest absolute Gasteiger partial charge is 0.160 e. The van der Waals surface area contributed by atoms with Crippen LogP contribution in [0.1, 0.15) is 0 Å². The number of hydrogen-bond donors (Lipinski definition) is 0. The molecule has 0 aliphatic heterocycles. The molecule has 19 aromatic carbocycles. The van der Waals surface area contributed by atoms with Gasteiger partial charge in [-0.1, -0.05) is 388 Å². The van der Waals surface area contributed by atoms with E-state index in [1.165, 1.54) is 127 Å². The Bertz CT molecular complexity index is 8440. The highest BCUT2D eigenvalue weighted by atomic mass is 32.1. The molecule has 25 rings (SSSR count). The van der Waals surface area contributed by atoms with Crippen LogP contribution in [0.3, 0.4) is 0 Å². The molecule has 0 saturated heterocycles. The lowest BCUT2D eigenvalue weighted by atomic mass is 9.92. The molecule has 6 aromatic heterocycles. The van der Waals surface area contributed by atoms with Gasteiger partial charge in [0.15, 0.2) is 17.5 Å². The van der Waals surface area contributed by atoms with Gasteiger partial charge in [0.1, 0.15) is 0 Å². The van der Waals surface area contributed by atoms with E-state index in [2.05, 4.69) is 431 Å². The van der Waals surface area contributed by atoms with Crippen molar-refractivity contribution < 1.29 is 0 Å². The van der Waals surface area contributed by atoms with Crippen molar-refractivity contribution in [1.29, 1.82) is 0 Å². The molecule has 0 aliphatic carbocycles. The Morgan fingerprint density at radius 2 is 0.341 bits per heavy atom. The quantitative estimate of drug-likeness (QED) is 0.114. The first-order valence-corrected chi connectivity index (χ1v) is 45.8. The first kappa shape index (κ1) is 77.6. The standard InChI is InChI=1S/C50H32N2S.C38H24N2S.C32H20N2S/c1-4-14-33(15-5-1)40-30-41(34-16-6-2-7-17-34)32-42(31-40)38-22-12-20-36(28-38)37-21-13-23-39(29-37)50-51-45-27-26-44-43-24-10-11-25-46(43)53-49(44)47(45)48(52-50)35-18-8-3-9-19-35;1-3-10-25(11-4-1)29-14-9-15-30(24-29)26-18-20-28(21-19-26)38-39-33-23-22-32-31-16-7-8-17-34(31)41-37(32)35(33)36(40-38)27-12-5-2-6-13-27;1-3-9-21(10-4-1)22-15-17-23(18-16-22)30-29-27(33-32(34-30)24-11-5-2-6-12-24)20-19-26-25-13-7-8-14-28(25)35-31(26)29/h1-32H;1-24H;1-20H. The second-order valence-corrected chi connectivity index (χ2v) is 35.4. The first-order valence-electron chi connectivity index (χ1n) is 43.3. The van der Waals surface area contributed by atoms with Crippen LogP contribution in [-0.2, 0) is 0 Å². The van der Waals surface area contributed by atoms with Crippen molar-refractivity contribution in [2.24, 2.45) is 0 Å². The van der Waals surface area contributed by atoms with Gasteiger partial charge in [0.2, 0.25) is 0 Å². The van der Waals surface area contributed by atoms with Crippen molar-refractivity contribution in [1.82, 2.24) is 29.9 Å². The Hall–Kier alpha value is -16.1. The predicted octanol–water partition coefficient (Wildman–Crippen LogP) is 33.7. The highest BCUT2D eigenvalue weighted by molar-refractivity contribution is 7.27. The van der Waals surface area contributed by atoms with E-state index < -0.39 is 0 Å². The molecule has 0 fully saturated rings. The van der Waals surface area contributed by atoms with E-state index in [1.807, 2.05) is 64.3 Å². The molecule has 129 heavy (non-hydrogen) atoms. The number of thiophene rings is 3. The predicted molar refractivity (Wildman–Crippen MR) is 548 cm³/mol. The van der Waals surface area contributed by atoms with Gasteiger partial charge in [0.05, 0.1) is 33.6 Å². The number of nitrogens with zero attached hydrogens (tertiary/aromatic N) is 6. The van der Waals surface area contributed by atoms with Gasteiger partial charge in [-0.05, 0) is 151 Å². The molecule has 604 valence electrons. The van der Waals surface area contributed by atoms with E-state index in [0.717, 1.165) is 112 Å². The van der Waals surface area contributed by atoms with E-state index in [9.17, 15) is 0 Å². The second kappa shape index (κ2) is 34.1. The van der Waals surface area contributed by atoms with Gasteiger partial charge in [0, 0.05) is 110 Å². The first-order chi connectivity index (χ1) is 63.9. The molecule has 0 unspecified atom stereocenters. The van der Waals surface area contributed by atoms with Crippen LogP contribution in [0.2, 0.25) is 0 Å². The van der Waals surface area contributed by atoms with Crippen LogP contribution in [0.25, 0.3) is 239 Å². The summed E-state index contributed by atoms with van der Waals surface area (Å²) in [6, 6.07) is 163. The molecule has 0 N–H and O–H groups in total. The van der Waals surface area contributed by atoms with Crippen molar-refractivity contribution in [3.05, 3.63) is 461 Å². The fourth-order valence-electron chi connectivity index (χ4n) is 17.9. The van der Waals surface area contributed by atoms with Gasteiger partial charge in [0.25, 0.3) is 0 Å². The van der Waals surface area contributed by atoms with Crippen molar-refractivity contribution in [3.63, 3.8) is 0 Å². The van der Waals surface area contributed by atoms with Crippen molar-refractivity contribution in [3.8, 4) is 146 Å². The van der Waals surface area contributed by atoms with Crippen LogP contribution in [-0.4, -0.2) is 29.9 Å². The molecular formula is C120H76N6S3. The van der Waals surface area contributed by atoms with Crippen molar-refractivity contribution >= 4 is 127 Å². The molecule has 6 nitrogen and oxygen atoms in total. The summed E-state index contributed by atoms with van der Waals surface area (Å²) in [6.45, 7) is 0. The Labute approximate surface area is 758 Å². The third-order valence-electron chi connectivity index (χ3n) is 24.3. The molecule has 6 heterocycles. The van der Waals surface area contributed by atoms with E-state index in [0.29, 0.717) is 0 Å². The lowest BCUT2D eigenvalue weighted by molar-refractivity contribution is 1.23. The van der Waals surface area contributed by atoms with Crippen LogP contribution < -0.4 is 0 Å². The zero-order valence-corrected chi connectivity index (χ0v) is 72.2. The molecule has 0 amide bonds. The Balaban J connectivity index is 0.000000113. The van der Waals surface area contributed by atoms with Crippen LogP contribution in [0.15, 0.2) is 461 Å². The summed E-state index contributed by atoms with van der Waals surface area (Å²) in [5.41, 5.74) is 28.7. The van der Waals surface area contributed by atoms with Gasteiger partial charge < -0.3 is 0 Å². The number of aromatic nitrogens is 6. The lowest BCUT2D eigenvalue weighted by Crippen LogP contribution is -1.95. The zero-order chi connectivity index (χ0) is 85.5. The summed E-state index contributed by atoms with van der Waals surface area (Å²) in [4.78, 5) is 31.0. The highest BCUT2D eigenvalue weighted by Gasteiger charge is 2.23. The van der Waals surface area contributed by atoms with E-state index in [-0.39, 0.29) is 0 Å². The number of fused-ring (bicyclic) bond motifs is 15. The molecule has 0 atom stereocenters. The summed E-state index contributed by atoms with van der Waals surface area (Å²) >= 11 is 5.46. The maximum absolute atomic E-state index is 5.33. The van der Waals surface area contributed by atoms with E-state index in [4.69, 9.17) is 29.9 Å². The maximum Gasteiger partial charge on any atom is 0.160 e. The fourth-order valence-corrected chi connectivity index (χ4v) is 21.6. The van der Waals surface area contributed by atoms with Gasteiger partial charge in [-0.25, -0.2) is 29.9 Å². The number of benzene rings is 19. The minimum absolute atomic E-state index is 0.720. The Morgan fingerprint density at radius 1 is 0.132 bits per heavy atom. The average molecular weight is 1700 g/mol. The SMILES string of the molecule is c1ccc(-c2cc(-c3ccccc3)cc(-c3cccc(-c4cccc(-c5nc(-c6ccccc6)c6c(ccc7c8ccccc8sc76)n5)c4)c3)c2)cc1.c1ccc(-c2ccc(-c3nc(-c4ccccc4)nc4ccc5c6ccccc6sc5c34)cc2)cc1.c1ccc(-c2cccc(-c3ccc(-c4nc(-c5ccccc5)c5c(ccc6c7ccccc7sc65)n4)cc3)c2)cc1. The van der Waals surface area contributed by atoms with Crippen LogP contribution in [0.5, 0.6) is 0 Å². The summed E-state index contributed by atoms with van der Waals surface area (Å²) in [5, 5.41) is 11.0. The lowest BCUT2D eigenvalue weighted by Gasteiger charge is -2.13. The second-order valence-electron chi connectivity index (χ2n) is 32.2. The Morgan fingerprint density at radius 3 is 0.705 bits per heavy atom. The van der Waals surface area contributed by atoms with E-state index in [1.54, 1.807) is 0 Å². The number of rotatable bonds is 13. The average Bonchev–Trinajstić information content (AvgIpc) is 1.63. The van der Waals surface area contributed by atoms with Gasteiger partial charge in [-0.15, -0.1) is 34.0 Å². The minimum atomic E-state index is 0.720. The van der Waals surface area contributed by atoms with Gasteiger partial charge in [-0.3, -0.25) is 0 Å². The molecule has 0 spiro atoms. The van der Waals surface area contributed by atoms with Crippen molar-refractivity contribution in [2.45, 2.75) is 0 Å². The molecule has 0 aliphatic rings. The molecule has 0 saturated carbocycles. The normalized spacial score (nSPS) is 11.4. The summed E-state index contributed by atoms with van der Waals surface area (Å²) in [5.74, 6) is 2.21. The van der Waals surface area contributed by atoms with Crippen molar-refractivity contribution in [2.75, 3.05) is 0 Å². The van der Waals surface area contributed by atoms with Crippen LogP contribution in [0, 0.1) is 0 Å². The topological polar surface area (TPSA) is 77.3 Å². The zero-order valence-electron chi connectivity index (χ0n) is 69.8. The van der Waals surface area contributed by atoms with Crippen LogP contribution >= 0.6 is 34.0 Å². The molecule has 0 radical (unpaired) electrons. The largest absolute Gasteiger partial charge is 0.228 e. The highest BCUT2D eigenvalue weighted by Crippen LogP contribution is 2.47. The van der Waals surface area contributed by atoms with E-state index >= 15 is 0 Å². The molecule has 25 aromatic rings. The summed E-state index contributed by atoms with van der Waals surface area (Å²) < 4.78 is 7.55. The third-order valence-corrected chi connectivity index (χ3v) is 27.9. The monoisotopic (exact) mass is 1700 g/mol. The minimum Gasteiger partial charge on any atom is -0.228 e. The summed E-state index contributed by atoms with van der Waals surface area (Å²) in [6.07, 6.45) is 0. The molecule has 0 bridgehead atoms. The molecular weight excluding hydrogens is 1620 g/mol. The third kappa shape index (κ3) is 15.2. The van der Waals surface area contributed by atoms with Crippen LogP contribution in [0.4, 0.5) is 0 Å². The van der Waals surface area contributed by atoms with Gasteiger partial charge in [-0.2, -0.15) is 0 Å². The van der Waals surface area contributed by atoms with Gasteiger partial charge >= 0.3 is 0 Å². The summed E-state index contributed by atoms with van der Waals surface area (Å²) in [7, 11) is 0. The molecule has 9 heteroatoms.